The average molecular weight is 270 g/mol. The number of amides is 2. The molecule has 0 unspecified atom stereocenters. The zero-order chi connectivity index (χ0) is 14.1. The van der Waals surface area contributed by atoms with Crippen molar-refractivity contribution in [1.29, 1.82) is 0 Å². The number of para-hydroxylation sites is 1. The topological polar surface area (TPSA) is 32.3 Å². The number of carbonyl (C=O) groups is 1. The van der Waals surface area contributed by atoms with Gasteiger partial charge in [0.15, 0.2) is 0 Å². The fourth-order valence-corrected chi connectivity index (χ4v) is 2.62. The number of fused-ring (bicyclic) bond motifs is 1. The molecule has 2 amide bonds. The van der Waals surface area contributed by atoms with Gasteiger partial charge in [-0.15, -0.1) is 0 Å². The third kappa shape index (κ3) is 2.25. The molecule has 0 saturated carbocycles. The van der Waals surface area contributed by atoms with Crippen molar-refractivity contribution in [3.63, 3.8) is 0 Å². The number of nitrogens with zero attached hydrogens (tertiary/aromatic N) is 1. The van der Waals surface area contributed by atoms with Crippen molar-refractivity contribution in [2.45, 2.75) is 19.4 Å². The van der Waals surface area contributed by atoms with E-state index in [2.05, 4.69) is 5.32 Å². The standard InChI is InChI=1S/C16H15FN2O/c1-11-9-12-5-2-3-8-15(12)19(11)16(20)18-14-7-4-6-13(17)10-14/h2-8,10-11H,9H2,1H3,(H,18,20)/t11-/m1/s1. The fourth-order valence-electron chi connectivity index (χ4n) is 2.62. The second-order valence-electron chi connectivity index (χ2n) is 4.99. The molecule has 0 saturated heterocycles. The van der Waals surface area contributed by atoms with Crippen molar-refractivity contribution >= 4 is 17.4 Å². The zero-order valence-corrected chi connectivity index (χ0v) is 11.1. The van der Waals surface area contributed by atoms with Gasteiger partial charge in [-0.3, -0.25) is 4.90 Å². The fraction of sp³-hybridized carbons (Fsp3) is 0.188. The van der Waals surface area contributed by atoms with Crippen LogP contribution in [0.4, 0.5) is 20.6 Å². The first-order valence-corrected chi connectivity index (χ1v) is 6.59. The van der Waals surface area contributed by atoms with Gasteiger partial charge in [0, 0.05) is 17.4 Å². The summed E-state index contributed by atoms with van der Waals surface area (Å²) in [6, 6.07) is 13.6. The van der Waals surface area contributed by atoms with E-state index in [0.29, 0.717) is 5.69 Å². The van der Waals surface area contributed by atoms with Gasteiger partial charge in [0.2, 0.25) is 0 Å². The molecule has 3 nitrogen and oxygen atoms in total. The van der Waals surface area contributed by atoms with E-state index in [1.54, 1.807) is 17.0 Å². The number of hydrogen-bond acceptors (Lipinski definition) is 1. The third-order valence-corrected chi connectivity index (χ3v) is 3.50. The molecule has 0 aromatic heterocycles. The molecule has 0 spiro atoms. The van der Waals surface area contributed by atoms with E-state index < -0.39 is 0 Å². The Bertz CT molecular complexity index is 656. The van der Waals surface area contributed by atoms with Crippen LogP contribution < -0.4 is 10.2 Å². The van der Waals surface area contributed by atoms with Crippen LogP contribution in [0.5, 0.6) is 0 Å². The van der Waals surface area contributed by atoms with Crippen molar-refractivity contribution in [3.05, 3.63) is 59.9 Å². The van der Waals surface area contributed by atoms with Crippen LogP contribution in [0.2, 0.25) is 0 Å². The van der Waals surface area contributed by atoms with Crippen molar-refractivity contribution < 1.29 is 9.18 Å². The Hall–Kier alpha value is -2.36. The zero-order valence-electron chi connectivity index (χ0n) is 11.1. The highest BCUT2D eigenvalue weighted by Crippen LogP contribution is 2.32. The molecule has 1 aliphatic heterocycles. The van der Waals surface area contributed by atoms with E-state index in [-0.39, 0.29) is 17.9 Å². The minimum absolute atomic E-state index is 0.0981. The average Bonchev–Trinajstić information content (AvgIpc) is 2.74. The van der Waals surface area contributed by atoms with Crippen LogP contribution in [0.3, 0.4) is 0 Å². The van der Waals surface area contributed by atoms with Crippen molar-refractivity contribution in [2.24, 2.45) is 0 Å². The molecule has 4 heteroatoms. The molecule has 2 aromatic rings. The van der Waals surface area contributed by atoms with E-state index in [0.717, 1.165) is 17.7 Å². The normalized spacial score (nSPS) is 16.9. The molecule has 0 fully saturated rings. The lowest BCUT2D eigenvalue weighted by Crippen LogP contribution is -2.39. The summed E-state index contributed by atoms with van der Waals surface area (Å²) in [7, 11) is 0. The Morgan fingerprint density at radius 1 is 1.25 bits per heavy atom. The number of nitrogens with one attached hydrogen (secondary N) is 1. The second-order valence-corrected chi connectivity index (χ2v) is 4.99. The maximum atomic E-state index is 13.1. The van der Waals surface area contributed by atoms with Gasteiger partial charge in [-0.25, -0.2) is 9.18 Å². The van der Waals surface area contributed by atoms with Crippen LogP contribution in [0, 0.1) is 5.82 Å². The molecule has 2 aromatic carbocycles. The summed E-state index contributed by atoms with van der Waals surface area (Å²) in [5, 5.41) is 2.74. The van der Waals surface area contributed by atoms with Crippen LogP contribution in [0.25, 0.3) is 0 Å². The number of carbonyl (C=O) groups excluding carboxylic acids is 1. The van der Waals surface area contributed by atoms with Gasteiger partial charge in [-0.05, 0) is 43.2 Å². The third-order valence-electron chi connectivity index (χ3n) is 3.50. The quantitative estimate of drug-likeness (QED) is 0.839. The summed E-state index contributed by atoms with van der Waals surface area (Å²) < 4.78 is 13.1. The molecule has 20 heavy (non-hydrogen) atoms. The summed E-state index contributed by atoms with van der Waals surface area (Å²) in [6.45, 7) is 2.01. The molecule has 1 atom stereocenters. The lowest BCUT2D eigenvalue weighted by Gasteiger charge is -2.23. The molecule has 0 bridgehead atoms. The highest BCUT2D eigenvalue weighted by atomic mass is 19.1. The summed E-state index contributed by atoms with van der Waals surface area (Å²) in [5.74, 6) is -0.363. The Morgan fingerprint density at radius 3 is 2.85 bits per heavy atom. The summed E-state index contributed by atoms with van der Waals surface area (Å²) in [4.78, 5) is 14.1. The lowest BCUT2D eigenvalue weighted by atomic mass is 10.1. The summed E-state index contributed by atoms with van der Waals surface area (Å²) in [5.41, 5.74) is 2.55. The number of halogens is 1. The van der Waals surface area contributed by atoms with Crippen molar-refractivity contribution in [2.75, 3.05) is 10.2 Å². The Balaban J connectivity index is 1.84. The number of anilines is 2. The van der Waals surface area contributed by atoms with Crippen LogP contribution in [-0.4, -0.2) is 12.1 Å². The van der Waals surface area contributed by atoms with Gasteiger partial charge in [-0.1, -0.05) is 24.3 Å². The lowest BCUT2D eigenvalue weighted by molar-refractivity contribution is 0.256. The van der Waals surface area contributed by atoms with Gasteiger partial charge in [0.1, 0.15) is 5.82 Å². The molecule has 1 N–H and O–H groups in total. The predicted octanol–water partition coefficient (Wildman–Crippen LogP) is 3.81. The largest absolute Gasteiger partial charge is 0.326 e. The molecular formula is C16H15FN2O. The smallest absolute Gasteiger partial charge is 0.307 e. The molecule has 1 heterocycles. The highest BCUT2D eigenvalue weighted by Gasteiger charge is 2.30. The molecule has 1 aliphatic rings. The number of benzene rings is 2. The number of urea groups is 1. The van der Waals surface area contributed by atoms with E-state index >= 15 is 0 Å². The first-order chi connectivity index (χ1) is 9.65. The van der Waals surface area contributed by atoms with Gasteiger partial charge in [0.25, 0.3) is 0 Å². The maximum absolute atomic E-state index is 13.1. The molecule has 0 aliphatic carbocycles. The van der Waals surface area contributed by atoms with E-state index in [9.17, 15) is 9.18 Å². The van der Waals surface area contributed by atoms with Crippen molar-refractivity contribution in [1.82, 2.24) is 0 Å². The Morgan fingerprint density at radius 2 is 2.05 bits per heavy atom. The van der Waals surface area contributed by atoms with Crippen LogP contribution in [-0.2, 0) is 6.42 Å². The summed E-state index contributed by atoms with van der Waals surface area (Å²) >= 11 is 0. The summed E-state index contributed by atoms with van der Waals surface area (Å²) in [6.07, 6.45) is 0.840. The first kappa shape index (κ1) is 12.7. The SMILES string of the molecule is C[C@@H]1Cc2ccccc2N1C(=O)Nc1cccc(F)c1. The Labute approximate surface area is 117 Å². The van der Waals surface area contributed by atoms with Gasteiger partial charge in [0.05, 0.1) is 0 Å². The first-order valence-electron chi connectivity index (χ1n) is 6.59. The van der Waals surface area contributed by atoms with Crippen LogP contribution in [0.15, 0.2) is 48.5 Å². The van der Waals surface area contributed by atoms with E-state index in [1.165, 1.54) is 12.1 Å². The van der Waals surface area contributed by atoms with Gasteiger partial charge in [-0.2, -0.15) is 0 Å². The molecule has 3 rings (SSSR count). The van der Waals surface area contributed by atoms with Gasteiger partial charge >= 0.3 is 6.03 Å². The minimum Gasteiger partial charge on any atom is -0.307 e. The van der Waals surface area contributed by atoms with Crippen LogP contribution >= 0.6 is 0 Å². The minimum atomic E-state index is -0.363. The monoisotopic (exact) mass is 270 g/mol. The number of rotatable bonds is 1. The van der Waals surface area contributed by atoms with E-state index in [4.69, 9.17) is 0 Å². The molecule has 0 radical (unpaired) electrons. The number of hydrogen-bond donors (Lipinski definition) is 1. The molecule has 102 valence electrons. The van der Waals surface area contributed by atoms with Crippen LogP contribution in [0.1, 0.15) is 12.5 Å². The Kier molecular flexibility index (Phi) is 3.14. The highest BCUT2D eigenvalue weighted by molar-refractivity contribution is 6.03. The predicted molar refractivity (Wildman–Crippen MR) is 77.5 cm³/mol. The van der Waals surface area contributed by atoms with E-state index in [1.807, 2.05) is 31.2 Å². The maximum Gasteiger partial charge on any atom is 0.326 e. The van der Waals surface area contributed by atoms with Gasteiger partial charge < -0.3 is 5.32 Å². The molecular weight excluding hydrogens is 255 g/mol. The second kappa shape index (κ2) is 4.96. The van der Waals surface area contributed by atoms with Crippen molar-refractivity contribution in [3.8, 4) is 0 Å².